The van der Waals surface area contributed by atoms with Crippen molar-refractivity contribution < 1.29 is 9.18 Å². The SMILES string of the molecule is O=C(Cl)c1cc2ccc(F)cc2c2ccccc12. The van der Waals surface area contributed by atoms with Crippen molar-refractivity contribution in [1.29, 1.82) is 0 Å². The molecule has 0 radical (unpaired) electrons. The average molecular weight is 259 g/mol. The largest absolute Gasteiger partial charge is 0.276 e. The third-order valence-electron chi connectivity index (χ3n) is 3.03. The number of rotatable bonds is 1. The second-order valence-electron chi connectivity index (χ2n) is 4.11. The molecule has 18 heavy (non-hydrogen) atoms. The Hall–Kier alpha value is -1.93. The average Bonchev–Trinajstić information content (AvgIpc) is 2.37. The summed E-state index contributed by atoms with van der Waals surface area (Å²) in [5.74, 6) is -0.294. The van der Waals surface area contributed by atoms with Gasteiger partial charge in [-0.05, 0) is 51.3 Å². The molecule has 0 aliphatic heterocycles. The molecule has 0 saturated heterocycles. The molecule has 3 rings (SSSR count). The molecule has 3 aromatic rings. The third-order valence-corrected chi connectivity index (χ3v) is 3.24. The maximum atomic E-state index is 13.3. The van der Waals surface area contributed by atoms with E-state index >= 15 is 0 Å². The molecule has 0 fully saturated rings. The Morgan fingerprint density at radius 1 is 0.944 bits per heavy atom. The van der Waals surface area contributed by atoms with Crippen LogP contribution in [-0.2, 0) is 0 Å². The Labute approximate surface area is 108 Å². The highest BCUT2D eigenvalue weighted by molar-refractivity contribution is 6.68. The summed E-state index contributed by atoms with van der Waals surface area (Å²) in [7, 11) is 0. The predicted octanol–water partition coefficient (Wildman–Crippen LogP) is 4.51. The number of carbonyl (C=O) groups excluding carboxylic acids is 1. The molecule has 0 spiro atoms. The summed E-state index contributed by atoms with van der Waals surface area (Å²) < 4.78 is 13.3. The van der Waals surface area contributed by atoms with Gasteiger partial charge < -0.3 is 0 Å². The number of fused-ring (bicyclic) bond motifs is 3. The van der Waals surface area contributed by atoms with Crippen molar-refractivity contribution in [3.63, 3.8) is 0 Å². The Bertz CT molecular complexity index is 780. The number of hydrogen-bond acceptors (Lipinski definition) is 1. The molecule has 0 amide bonds. The molecule has 0 saturated carbocycles. The summed E-state index contributed by atoms with van der Waals surface area (Å²) in [4.78, 5) is 11.5. The van der Waals surface area contributed by atoms with Crippen molar-refractivity contribution in [3.05, 3.63) is 59.9 Å². The number of benzene rings is 3. The lowest BCUT2D eigenvalue weighted by Gasteiger charge is -2.07. The van der Waals surface area contributed by atoms with Gasteiger partial charge in [0.25, 0.3) is 5.24 Å². The fourth-order valence-corrected chi connectivity index (χ4v) is 2.39. The van der Waals surface area contributed by atoms with Crippen LogP contribution in [0.15, 0.2) is 48.5 Å². The van der Waals surface area contributed by atoms with E-state index in [0.29, 0.717) is 5.56 Å². The molecule has 0 bridgehead atoms. The number of hydrogen-bond donors (Lipinski definition) is 0. The summed E-state index contributed by atoms with van der Waals surface area (Å²) in [6, 6.07) is 13.6. The Balaban J connectivity index is 2.57. The van der Waals surface area contributed by atoms with Crippen LogP contribution < -0.4 is 0 Å². The highest BCUT2D eigenvalue weighted by Gasteiger charge is 2.11. The van der Waals surface area contributed by atoms with Crippen LogP contribution in [0, 0.1) is 5.82 Å². The highest BCUT2D eigenvalue weighted by atomic mass is 35.5. The molecule has 0 aliphatic carbocycles. The zero-order valence-electron chi connectivity index (χ0n) is 9.28. The lowest BCUT2D eigenvalue weighted by Crippen LogP contribution is -1.92. The fourth-order valence-electron chi connectivity index (χ4n) is 2.24. The molecule has 0 N–H and O–H groups in total. The van der Waals surface area contributed by atoms with Crippen LogP contribution >= 0.6 is 11.6 Å². The predicted molar refractivity (Wildman–Crippen MR) is 71.6 cm³/mol. The van der Waals surface area contributed by atoms with Crippen molar-refractivity contribution in [2.24, 2.45) is 0 Å². The molecule has 88 valence electrons. The number of halogens is 2. The maximum Gasteiger partial charge on any atom is 0.253 e. The van der Waals surface area contributed by atoms with E-state index in [0.717, 1.165) is 21.5 Å². The smallest absolute Gasteiger partial charge is 0.253 e. The quantitative estimate of drug-likeness (QED) is 0.464. The summed E-state index contributed by atoms with van der Waals surface area (Å²) in [5.41, 5.74) is 0.450. The molecule has 0 heterocycles. The summed E-state index contributed by atoms with van der Waals surface area (Å²) in [5, 5.41) is 2.66. The summed E-state index contributed by atoms with van der Waals surface area (Å²) in [6.07, 6.45) is 0. The second kappa shape index (κ2) is 4.07. The van der Waals surface area contributed by atoms with Gasteiger partial charge in [-0.1, -0.05) is 30.3 Å². The second-order valence-corrected chi connectivity index (χ2v) is 4.45. The van der Waals surface area contributed by atoms with Crippen LogP contribution in [0.25, 0.3) is 21.5 Å². The Morgan fingerprint density at radius 2 is 1.67 bits per heavy atom. The van der Waals surface area contributed by atoms with E-state index in [9.17, 15) is 9.18 Å². The molecular formula is C15H8ClFO. The molecule has 3 heteroatoms. The van der Waals surface area contributed by atoms with Gasteiger partial charge in [0.15, 0.2) is 0 Å². The fraction of sp³-hybridized carbons (Fsp3) is 0. The summed E-state index contributed by atoms with van der Waals surface area (Å²) >= 11 is 5.60. The van der Waals surface area contributed by atoms with Gasteiger partial charge in [-0.2, -0.15) is 0 Å². The van der Waals surface area contributed by atoms with Crippen LogP contribution in [0.3, 0.4) is 0 Å². The topological polar surface area (TPSA) is 17.1 Å². The Morgan fingerprint density at radius 3 is 2.39 bits per heavy atom. The van der Waals surface area contributed by atoms with Crippen LogP contribution in [0.4, 0.5) is 4.39 Å². The van der Waals surface area contributed by atoms with Crippen LogP contribution in [0.1, 0.15) is 10.4 Å². The van der Waals surface area contributed by atoms with Gasteiger partial charge in [0, 0.05) is 5.56 Å². The zero-order chi connectivity index (χ0) is 12.7. The van der Waals surface area contributed by atoms with Crippen molar-refractivity contribution in [2.75, 3.05) is 0 Å². The van der Waals surface area contributed by atoms with E-state index in [4.69, 9.17) is 11.6 Å². The van der Waals surface area contributed by atoms with Crippen molar-refractivity contribution in [3.8, 4) is 0 Å². The molecule has 0 atom stereocenters. The molecule has 0 unspecified atom stereocenters. The van der Waals surface area contributed by atoms with Crippen molar-refractivity contribution in [2.45, 2.75) is 0 Å². The van der Waals surface area contributed by atoms with Crippen LogP contribution in [-0.4, -0.2) is 5.24 Å². The Kier molecular flexibility index (Phi) is 2.53. The minimum atomic E-state index is -0.502. The van der Waals surface area contributed by atoms with E-state index < -0.39 is 5.24 Å². The zero-order valence-corrected chi connectivity index (χ0v) is 10.0. The van der Waals surface area contributed by atoms with Crippen LogP contribution in [0.2, 0.25) is 0 Å². The lowest BCUT2D eigenvalue weighted by molar-refractivity contribution is 0.108. The number of carbonyl (C=O) groups is 1. The van der Waals surface area contributed by atoms with Gasteiger partial charge in [0.05, 0.1) is 0 Å². The minimum absolute atomic E-state index is 0.294. The molecule has 3 aromatic carbocycles. The molecule has 0 aliphatic rings. The maximum absolute atomic E-state index is 13.3. The summed E-state index contributed by atoms with van der Waals surface area (Å²) in [6.45, 7) is 0. The van der Waals surface area contributed by atoms with E-state index in [-0.39, 0.29) is 5.82 Å². The van der Waals surface area contributed by atoms with E-state index in [1.165, 1.54) is 12.1 Å². The van der Waals surface area contributed by atoms with Gasteiger partial charge in [0.2, 0.25) is 0 Å². The van der Waals surface area contributed by atoms with Crippen LogP contribution in [0.5, 0.6) is 0 Å². The normalized spacial score (nSPS) is 11.0. The minimum Gasteiger partial charge on any atom is -0.276 e. The van der Waals surface area contributed by atoms with Gasteiger partial charge >= 0.3 is 0 Å². The van der Waals surface area contributed by atoms with E-state index in [1.807, 2.05) is 24.3 Å². The van der Waals surface area contributed by atoms with E-state index in [2.05, 4.69) is 0 Å². The first-order chi connectivity index (χ1) is 8.66. The molecule has 1 nitrogen and oxygen atoms in total. The first-order valence-electron chi connectivity index (χ1n) is 5.47. The van der Waals surface area contributed by atoms with Crippen molar-refractivity contribution in [1.82, 2.24) is 0 Å². The third kappa shape index (κ3) is 1.66. The van der Waals surface area contributed by atoms with Gasteiger partial charge in [-0.15, -0.1) is 0 Å². The van der Waals surface area contributed by atoms with Gasteiger partial charge in [-0.3, -0.25) is 4.79 Å². The molecule has 0 aromatic heterocycles. The standard InChI is InChI=1S/C15H8ClFO/c16-15(18)14-7-9-5-6-10(17)8-13(9)11-3-1-2-4-12(11)14/h1-8H. The van der Waals surface area contributed by atoms with E-state index in [1.54, 1.807) is 12.1 Å². The van der Waals surface area contributed by atoms with Gasteiger partial charge in [0.1, 0.15) is 5.82 Å². The first kappa shape index (κ1) is 11.2. The van der Waals surface area contributed by atoms with Crippen molar-refractivity contribution >= 4 is 38.4 Å². The first-order valence-corrected chi connectivity index (χ1v) is 5.85. The monoisotopic (exact) mass is 258 g/mol. The molecular weight excluding hydrogens is 251 g/mol. The lowest BCUT2D eigenvalue weighted by atomic mass is 9.98. The van der Waals surface area contributed by atoms with Gasteiger partial charge in [-0.25, -0.2) is 4.39 Å². The highest BCUT2D eigenvalue weighted by Crippen LogP contribution is 2.30.